The first-order chi connectivity index (χ1) is 10.1. The van der Waals surface area contributed by atoms with Gasteiger partial charge in [0.15, 0.2) is 0 Å². The summed E-state index contributed by atoms with van der Waals surface area (Å²) in [6, 6.07) is 6.32. The summed E-state index contributed by atoms with van der Waals surface area (Å²) in [5, 5.41) is 0.712. The van der Waals surface area contributed by atoms with Crippen LogP contribution in [0.1, 0.15) is 24.0 Å². The van der Waals surface area contributed by atoms with E-state index in [2.05, 4.69) is 46.4 Å². The highest BCUT2D eigenvalue weighted by Gasteiger charge is 2.12. The van der Waals surface area contributed by atoms with Gasteiger partial charge in [0.1, 0.15) is 0 Å². The lowest BCUT2D eigenvalue weighted by molar-refractivity contribution is 1.04. The molecule has 0 spiro atoms. The van der Waals surface area contributed by atoms with Crippen LogP contribution in [0.2, 0.25) is 10.3 Å². The highest BCUT2D eigenvalue weighted by atomic mass is 35.5. The first-order valence-electron chi connectivity index (χ1n) is 6.81. The Labute approximate surface area is 134 Å². The lowest BCUT2D eigenvalue weighted by Gasteiger charge is -2.12. The molecule has 1 aromatic carbocycles. The Bertz CT molecular complexity index is 748. The third-order valence-electron chi connectivity index (χ3n) is 3.54. The maximum absolute atomic E-state index is 6.23. The lowest BCUT2D eigenvalue weighted by Crippen LogP contribution is -1.94. The van der Waals surface area contributed by atoms with Crippen LogP contribution in [0.4, 0.5) is 0 Å². The molecule has 1 aromatic heterocycles. The molecule has 0 atom stereocenters. The Morgan fingerprint density at radius 3 is 2.76 bits per heavy atom. The lowest BCUT2D eigenvalue weighted by atomic mass is 9.95. The van der Waals surface area contributed by atoms with Crippen molar-refractivity contribution in [2.24, 2.45) is 0 Å². The number of benzene rings is 1. The molecule has 4 heteroatoms. The molecule has 1 aliphatic carbocycles. The van der Waals surface area contributed by atoms with Gasteiger partial charge in [-0.15, -0.1) is 0 Å². The van der Waals surface area contributed by atoms with E-state index >= 15 is 0 Å². The standard InChI is InChI=1S/C17H14Cl2N2/c1-11-7-8-13(12-5-3-2-4-6-12)9-14(11)16-15(18)10-20-17(19)21-16/h3,5-10H,2,4H2,1H3. The SMILES string of the molecule is Cc1ccc(C2=CCCC=C2)cc1-c1nc(Cl)ncc1Cl. The second-order valence-corrected chi connectivity index (χ2v) is 5.75. The van der Waals surface area contributed by atoms with Crippen LogP contribution in [0.3, 0.4) is 0 Å². The third-order valence-corrected chi connectivity index (χ3v) is 3.99. The van der Waals surface area contributed by atoms with Crippen molar-refractivity contribution in [3.05, 3.63) is 64.1 Å². The minimum absolute atomic E-state index is 0.205. The van der Waals surface area contributed by atoms with Crippen molar-refractivity contribution >= 4 is 28.8 Å². The molecule has 0 aliphatic heterocycles. The van der Waals surface area contributed by atoms with Crippen LogP contribution >= 0.6 is 23.2 Å². The summed E-state index contributed by atoms with van der Waals surface area (Å²) in [4.78, 5) is 8.18. The summed E-state index contributed by atoms with van der Waals surface area (Å²) < 4.78 is 0. The van der Waals surface area contributed by atoms with Crippen molar-refractivity contribution in [1.82, 2.24) is 9.97 Å². The molecule has 21 heavy (non-hydrogen) atoms. The van der Waals surface area contributed by atoms with Crippen LogP contribution in [0.15, 0.2) is 42.6 Å². The largest absolute Gasteiger partial charge is 0.225 e. The maximum atomic E-state index is 6.23. The van der Waals surface area contributed by atoms with Gasteiger partial charge >= 0.3 is 0 Å². The highest BCUT2D eigenvalue weighted by molar-refractivity contribution is 6.33. The van der Waals surface area contributed by atoms with Crippen molar-refractivity contribution < 1.29 is 0 Å². The smallest absolute Gasteiger partial charge is 0.222 e. The molecule has 0 bridgehead atoms. The Hall–Kier alpha value is -1.64. The van der Waals surface area contributed by atoms with E-state index in [-0.39, 0.29) is 5.28 Å². The second kappa shape index (κ2) is 6.00. The molecule has 0 N–H and O–H groups in total. The number of rotatable bonds is 2. The van der Waals surface area contributed by atoms with Crippen molar-refractivity contribution in [2.45, 2.75) is 19.8 Å². The molecule has 0 fully saturated rings. The van der Waals surface area contributed by atoms with Gasteiger partial charge in [0.25, 0.3) is 0 Å². The molecule has 0 saturated carbocycles. The van der Waals surface area contributed by atoms with Crippen molar-refractivity contribution in [2.75, 3.05) is 0 Å². The van der Waals surface area contributed by atoms with Gasteiger partial charge in [-0.2, -0.15) is 0 Å². The molecular formula is C17H14Cl2N2. The van der Waals surface area contributed by atoms with E-state index in [4.69, 9.17) is 23.2 Å². The second-order valence-electron chi connectivity index (χ2n) is 5.00. The quantitative estimate of drug-likeness (QED) is 0.684. The predicted molar refractivity (Wildman–Crippen MR) is 88.6 cm³/mol. The molecule has 1 aliphatic rings. The van der Waals surface area contributed by atoms with Crippen LogP contribution in [-0.4, -0.2) is 9.97 Å². The molecule has 2 aromatic rings. The summed E-state index contributed by atoms with van der Waals surface area (Å²) in [6.07, 6.45) is 10.3. The van der Waals surface area contributed by atoms with Gasteiger partial charge in [-0.25, -0.2) is 9.97 Å². The molecule has 106 valence electrons. The summed E-state index contributed by atoms with van der Waals surface area (Å²) in [7, 11) is 0. The van der Waals surface area contributed by atoms with Crippen LogP contribution in [0.25, 0.3) is 16.8 Å². The van der Waals surface area contributed by atoms with E-state index in [1.165, 1.54) is 11.8 Å². The maximum Gasteiger partial charge on any atom is 0.222 e. The average Bonchev–Trinajstić information content (AvgIpc) is 2.51. The zero-order chi connectivity index (χ0) is 14.8. The van der Waals surface area contributed by atoms with Gasteiger partial charge in [0.05, 0.1) is 16.9 Å². The Balaban J connectivity index is 2.12. The predicted octanol–water partition coefficient (Wildman–Crippen LogP) is 5.49. The molecule has 2 nitrogen and oxygen atoms in total. The summed E-state index contributed by atoms with van der Waals surface area (Å²) in [5.41, 5.74) is 5.17. The zero-order valence-corrected chi connectivity index (χ0v) is 13.1. The van der Waals surface area contributed by atoms with Crippen molar-refractivity contribution in [3.8, 4) is 11.3 Å². The van der Waals surface area contributed by atoms with E-state index in [0.717, 1.165) is 29.5 Å². The molecule has 0 saturated heterocycles. The van der Waals surface area contributed by atoms with Gasteiger partial charge in [0.2, 0.25) is 5.28 Å². The zero-order valence-electron chi connectivity index (χ0n) is 11.6. The van der Waals surface area contributed by atoms with E-state index < -0.39 is 0 Å². The number of nitrogens with zero attached hydrogens (tertiary/aromatic N) is 2. The van der Waals surface area contributed by atoms with Gasteiger partial charge in [-0.3, -0.25) is 0 Å². The number of allylic oxidation sites excluding steroid dienone is 4. The molecule has 3 rings (SSSR count). The summed E-state index contributed by atoms with van der Waals surface area (Å²) >= 11 is 12.1. The van der Waals surface area contributed by atoms with Gasteiger partial charge in [0, 0.05) is 5.56 Å². The summed E-state index contributed by atoms with van der Waals surface area (Å²) in [6.45, 7) is 2.04. The molecule has 0 amide bonds. The van der Waals surface area contributed by atoms with Crippen LogP contribution in [0, 0.1) is 6.92 Å². The Morgan fingerprint density at radius 2 is 2.00 bits per heavy atom. The minimum Gasteiger partial charge on any atom is -0.225 e. The van der Waals surface area contributed by atoms with Crippen LogP contribution in [0.5, 0.6) is 0 Å². The van der Waals surface area contributed by atoms with Gasteiger partial charge in [-0.05, 0) is 54.1 Å². The fourth-order valence-corrected chi connectivity index (χ4v) is 2.74. The summed E-state index contributed by atoms with van der Waals surface area (Å²) in [5.74, 6) is 0. The average molecular weight is 317 g/mol. The molecule has 0 radical (unpaired) electrons. The topological polar surface area (TPSA) is 25.8 Å². The monoisotopic (exact) mass is 316 g/mol. The number of aryl methyl sites for hydroxylation is 1. The fraction of sp³-hybridized carbons (Fsp3) is 0.176. The first kappa shape index (κ1) is 14.3. The van der Waals surface area contributed by atoms with E-state index in [0.29, 0.717) is 10.7 Å². The third kappa shape index (κ3) is 3.02. The number of hydrogen-bond acceptors (Lipinski definition) is 2. The fourth-order valence-electron chi connectivity index (χ4n) is 2.42. The Kier molecular flexibility index (Phi) is 4.09. The van der Waals surface area contributed by atoms with E-state index in [1.807, 2.05) is 6.92 Å². The molecule has 0 unspecified atom stereocenters. The molecular weight excluding hydrogens is 303 g/mol. The van der Waals surface area contributed by atoms with Crippen molar-refractivity contribution in [1.29, 1.82) is 0 Å². The highest BCUT2D eigenvalue weighted by Crippen LogP contribution is 2.32. The van der Waals surface area contributed by atoms with Gasteiger partial charge < -0.3 is 0 Å². The van der Waals surface area contributed by atoms with Crippen LogP contribution in [-0.2, 0) is 0 Å². The van der Waals surface area contributed by atoms with E-state index in [9.17, 15) is 0 Å². The van der Waals surface area contributed by atoms with Crippen molar-refractivity contribution in [3.63, 3.8) is 0 Å². The normalized spacial score (nSPS) is 14.1. The number of halogens is 2. The number of hydrogen-bond donors (Lipinski definition) is 0. The number of aromatic nitrogens is 2. The van der Waals surface area contributed by atoms with Crippen LogP contribution < -0.4 is 0 Å². The van der Waals surface area contributed by atoms with E-state index in [1.54, 1.807) is 0 Å². The minimum atomic E-state index is 0.205. The van der Waals surface area contributed by atoms with Gasteiger partial charge in [-0.1, -0.05) is 42.0 Å². The Morgan fingerprint density at radius 1 is 1.14 bits per heavy atom. The molecule has 1 heterocycles. The first-order valence-corrected chi connectivity index (χ1v) is 7.57.